The quantitative estimate of drug-likeness (QED) is 0.509. The van der Waals surface area contributed by atoms with Gasteiger partial charge in [0.2, 0.25) is 0 Å². The highest BCUT2D eigenvalue weighted by Gasteiger charge is 2.39. The third-order valence-corrected chi connectivity index (χ3v) is 5.39. The number of amidine groups is 1. The van der Waals surface area contributed by atoms with Crippen LogP contribution < -0.4 is 11.1 Å². The molecular formula is C21H22F3N3S. The van der Waals surface area contributed by atoms with Gasteiger partial charge >= 0.3 is 6.18 Å². The number of allylic oxidation sites excluding steroid dienone is 2. The van der Waals surface area contributed by atoms with Gasteiger partial charge in [-0.3, -0.25) is 0 Å². The lowest BCUT2D eigenvalue weighted by atomic mass is 9.77. The van der Waals surface area contributed by atoms with Crippen LogP contribution in [0.5, 0.6) is 0 Å². The third kappa shape index (κ3) is 3.98. The summed E-state index contributed by atoms with van der Waals surface area (Å²) < 4.78 is 41.2. The standard InChI is InChI=1S/C21H22F3N3S/c1-2-5-15-18(14-6-3-4-7-17(14)21(22,23)24)16(12-28)20(25)27-19(15)13-8-10-26-11-9-13/h3-4,6-7,12-13,18,26,28H,8-11H2,1H3,(H2,25,27)/b16-12-. The fourth-order valence-electron chi connectivity index (χ4n) is 3.85. The summed E-state index contributed by atoms with van der Waals surface area (Å²) in [6.07, 6.45) is -2.80. The highest BCUT2D eigenvalue weighted by molar-refractivity contribution is 7.83. The number of nitrogens with two attached hydrogens (primary N) is 1. The van der Waals surface area contributed by atoms with Crippen molar-refractivity contribution < 1.29 is 13.2 Å². The molecule has 0 aliphatic carbocycles. The lowest BCUT2D eigenvalue weighted by molar-refractivity contribution is -0.138. The van der Waals surface area contributed by atoms with Crippen molar-refractivity contribution in [3.05, 3.63) is 57.6 Å². The molecule has 3 rings (SSSR count). The molecule has 1 atom stereocenters. The molecule has 7 heteroatoms. The second-order valence-electron chi connectivity index (χ2n) is 6.80. The minimum absolute atomic E-state index is 0.109. The van der Waals surface area contributed by atoms with E-state index in [0.29, 0.717) is 16.8 Å². The largest absolute Gasteiger partial charge is 0.416 e. The van der Waals surface area contributed by atoms with E-state index in [1.807, 2.05) is 0 Å². The van der Waals surface area contributed by atoms with Crippen LogP contribution in [0.2, 0.25) is 0 Å². The van der Waals surface area contributed by atoms with E-state index in [0.717, 1.165) is 32.0 Å². The first-order valence-corrected chi connectivity index (χ1v) is 9.62. The Morgan fingerprint density at radius 3 is 2.54 bits per heavy atom. The predicted molar refractivity (Wildman–Crippen MR) is 109 cm³/mol. The monoisotopic (exact) mass is 405 g/mol. The average Bonchev–Trinajstić information content (AvgIpc) is 2.69. The third-order valence-electron chi connectivity index (χ3n) is 5.11. The molecule has 2 aliphatic rings. The highest BCUT2D eigenvalue weighted by Crippen LogP contribution is 2.45. The highest BCUT2D eigenvalue weighted by atomic mass is 32.1. The van der Waals surface area contributed by atoms with Gasteiger partial charge in [0.05, 0.1) is 11.3 Å². The normalized spacial score (nSPS) is 22.7. The van der Waals surface area contributed by atoms with E-state index in [1.54, 1.807) is 13.0 Å². The molecule has 0 saturated carbocycles. The van der Waals surface area contributed by atoms with Gasteiger partial charge in [-0.2, -0.15) is 25.8 Å². The number of thiol groups is 1. The van der Waals surface area contributed by atoms with Crippen LogP contribution in [-0.2, 0) is 6.18 Å². The Bertz CT molecular complexity index is 897. The van der Waals surface area contributed by atoms with Gasteiger partial charge < -0.3 is 11.1 Å². The fraction of sp³-hybridized carbons (Fsp3) is 0.381. The molecule has 0 amide bonds. The maximum absolute atomic E-state index is 13.7. The predicted octanol–water partition coefficient (Wildman–Crippen LogP) is 4.25. The number of benzene rings is 1. The summed E-state index contributed by atoms with van der Waals surface area (Å²) in [5.74, 6) is 5.47. The number of nitrogens with zero attached hydrogens (tertiary/aromatic N) is 1. The molecule has 2 aliphatic heterocycles. The summed E-state index contributed by atoms with van der Waals surface area (Å²) in [6, 6.07) is 5.57. The maximum atomic E-state index is 13.7. The Kier molecular flexibility index (Phi) is 6.21. The maximum Gasteiger partial charge on any atom is 0.416 e. The summed E-state index contributed by atoms with van der Waals surface area (Å²) in [7, 11) is 0. The van der Waals surface area contributed by atoms with Gasteiger partial charge in [-0.05, 0) is 49.9 Å². The molecule has 0 spiro atoms. The van der Waals surface area contributed by atoms with Crippen LogP contribution in [0.1, 0.15) is 36.8 Å². The van der Waals surface area contributed by atoms with Crippen LogP contribution in [-0.4, -0.2) is 18.9 Å². The van der Waals surface area contributed by atoms with E-state index in [4.69, 9.17) is 5.73 Å². The number of halogens is 3. The molecule has 0 aromatic heterocycles. The number of nitrogens with one attached hydrogen (secondary N) is 1. The summed E-state index contributed by atoms with van der Waals surface area (Å²) in [4.78, 5) is 4.57. The minimum atomic E-state index is -4.48. The summed E-state index contributed by atoms with van der Waals surface area (Å²) in [6.45, 7) is 3.33. The molecule has 1 aromatic rings. The van der Waals surface area contributed by atoms with Gasteiger partial charge in [0.15, 0.2) is 0 Å². The molecule has 28 heavy (non-hydrogen) atoms. The Morgan fingerprint density at radius 2 is 1.93 bits per heavy atom. The Morgan fingerprint density at radius 1 is 1.25 bits per heavy atom. The Labute approximate surface area is 168 Å². The van der Waals surface area contributed by atoms with Crippen LogP contribution in [0.25, 0.3) is 0 Å². The first kappa shape index (κ1) is 20.6. The topological polar surface area (TPSA) is 50.4 Å². The number of piperidine rings is 1. The molecule has 1 fully saturated rings. The van der Waals surface area contributed by atoms with Crippen molar-refractivity contribution in [2.75, 3.05) is 13.1 Å². The Balaban J connectivity index is 2.26. The van der Waals surface area contributed by atoms with Crippen molar-refractivity contribution in [1.82, 2.24) is 5.32 Å². The molecule has 2 heterocycles. The van der Waals surface area contributed by atoms with Crippen molar-refractivity contribution in [2.45, 2.75) is 31.9 Å². The molecule has 3 N–H and O–H groups in total. The van der Waals surface area contributed by atoms with Gasteiger partial charge in [-0.1, -0.05) is 24.1 Å². The summed E-state index contributed by atoms with van der Waals surface area (Å²) in [5.41, 5.74) is 7.34. The summed E-state index contributed by atoms with van der Waals surface area (Å²) >= 11 is 4.22. The molecular weight excluding hydrogens is 383 g/mol. The van der Waals surface area contributed by atoms with Crippen LogP contribution >= 0.6 is 12.6 Å². The van der Waals surface area contributed by atoms with E-state index < -0.39 is 17.7 Å². The van der Waals surface area contributed by atoms with E-state index in [9.17, 15) is 13.2 Å². The summed E-state index contributed by atoms with van der Waals surface area (Å²) in [5, 5.41) is 4.73. The van der Waals surface area contributed by atoms with Crippen molar-refractivity contribution in [3.8, 4) is 11.8 Å². The van der Waals surface area contributed by atoms with Gasteiger partial charge in [0.1, 0.15) is 5.84 Å². The number of hydrogen-bond acceptors (Lipinski definition) is 4. The molecule has 1 aromatic carbocycles. The van der Waals surface area contributed by atoms with E-state index in [-0.39, 0.29) is 17.3 Å². The van der Waals surface area contributed by atoms with Crippen molar-refractivity contribution in [3.63, 3.8) is 0 Å². The number of rotatable bonds is 2. The minimum Gasteiger partial charge on any atom is -0.383 e. The number of aliphatic imine (C=N–C) groups is 1. The second kappa shape index (κ2) is 8.46. The van der Waals surface area contributed by atoms with E-state index in [2.05, 4.69) is 34.8 Å². The van der Waals surface area contributed by atoms with Gasteiger partial charge in [0.25, 0.3) is 0 Å². The molecule has 148 valence electrons. The smallest absolute Gasteiger partial charge is 0.383 e. The van der Waals surface area contributed by atoms with Crippen LogP contribution in [0.4, 0.5) is 13.2 Å². The molecule has 0 radical (unpaired) electrons. The van der Waals surface area contributed by atoms with E-state index >= 15 is 0 Å². The van der Waals surface area contributed by atoms with Crippen molar-refractivity contribution in [2.24, 2.45) is 16.6 Å². The van der Waals surface area contributed by atoms with Crippen LogP contribution in [0.15, 0.2) is 51.5 Å². The molecule has 1 unspecified atom stereocenters. The molecule has 1 saturated heterocycles. The van der Waals surface area contributed by atoms with Gasteiger partial charge in [-0.15, -0.1) is 5.92 Å². The number of hydrogen-bond donors (Lipinski definition) is 3. The Hall–Kier alpha value is -2.17. The van der Waals surface area contributed by atoms with Crippen molar-refractivity contribution in [1.29, 1.82) is 0 Å². The van der Waals surface area contributed by atoms with Gasteiger partial charge in [0, 0.05) is 23.0 Å². The fourth-order valence-corrected chi connectivity index (χ4v) is 4.14. The first-order chi connectivity index (χ1) is 13.4. The molecule has 3 nitrogen and oxygen atoms in total. The van der Waals surface area contributed by atoms with Gasteiger partial charge in [-0.25, -0.2) is 4.99 Å². The zero-order valence-electron chi connectivity index (χ0n) is 15.5. The van der Waals surface area contributed by atoms with Crippen LogP contribution in [0, 0.1) is 17.8 Å². The lowest BCUT2D eigenvalue weighted by Gasteiger charge is -2.32. The first-order valence-electron chi connectivity index (χ1n) is 9.11. The SMILES string of the molecule is CC#CC1=C(C2CCNCC2)N=C(N)/C(=C\S)C1c1ccccc1C(F)(F)F. The average molecular weight is 405 g/mol. The zero-order chi connectivity index (χ0) is 20.3. The lowest BCUT2D eigenvalue weighted by Crippen LogP contribution is -2.33. The van der Waals surface area contributed by atoms with E-state index in [1.165, 1.54) is 17.5 Å². The number of alkyl halides is 3. The second-order valence-corrected chi connectivity index (χ2v) is 7.06. The van der Waals surface area contributed by atoms with Crippen molar-refractivity contribution >= 4 is 18.5 Å². The zero-order valence-corrected chi connectivity index (χ0v) is 16.4. The van der Waals surface area contributed by atoms with Crippen LogP contribution in [0.3, 0.4) is 0 Å². The molecule has 0 bridgehead atoms.